The van der Waals surface area contributed by atoms with Crippen LogP contribution in [-0.2, 0) is 0 Å². The third-order valence-electron chi connectivity index (χ3n) is 0.412. The van der Waals surface area contributed by atoms with Crippen LogP contribution in [0.25, 0.3) is 0 Å². The van der Waals surface area contributed by atoms with Crippen LogP contribution in [0.2, 0.25) is 0 Å². The van der Waals surface area contributed by atoms with Gasteiger partial charge in [-0.05, 0) is 6.92 Å². The van der Waals surface area contributed by atoms with Gasteiger partial charge in [-0.15, -0.1) is 0 Å². The lowest BCUT2D eigenvalue weighted by Crippen LogP contribution is -2.33. The molecule has 0 unspecified atom stereocenters. The van der Waals surface area contributed by atoms with Gasteiger partial charge in [0.15, 0.2) is 0 Å². The molecule has 0 radical (unpaired) electrons. The largest absolute Gasteiger partial charge is 0.564 e. The van der Waals surface area contributed by atoms with Gasteiger partial charge in [-0.2, -0.15) is 10.4 Å². The summed E-state index contributed by atoms with van der Waals surface area (Å²) in [6.45, 7) is 1.13. The molecule has 0 atom stereocenters. The van der Waals surface area contributed by atoms with Gasteiger partial charge >= 0.3 is 0 Å². The molecule has 6 heavy (non-hydrogen) atoms. The number of hydrogen-bond donors (Lipinski definition) is 2. The van der Waals surface area contributed by atoms with Gasteiger partial charge in [-0.1, -0.05) is 4.97 Å². The van der Waals surface area contributed by atoms with Gasteiger partial charge in [0.1, 0.15) is 6.54 Å². The summed E-state index contributed by atoms with van der Waals surface area (Å²) in [5, 5.41) is 25.0. The molecule has 0 spiro atoms. The van der Waals surface area contributed by atoms with E-state index in [9.17, 15) is 5.21 Å². The number of quaternary nitrogens is 1. The molecule has 0 aliphatic rings. The van der Waals surface area contributed by atoms with Crippen LogP contribution in [0.1, 0.15) is 6.92 Å². The fourth-order valence-corrected chi connectivity index (χ4v) is 0. The van der Waals surface area contributed by atoms with Crippen molar-refractivity contribution in [1.82, 2.24) is 0 Å². The van der Waals surface area contributed by atoms with E-state index in [0.717, 1.165) is 0 Å². The topological polar surface area (TPSA) is 63.5 Å². The van der Waals surface area contributed by atoms with E-state index in [1.807, 2.05) is 0 Å². The van der Waals surface area contributed by atoms with Crippen LogP contribution in [0.4, 0.5) is 0 Å². The smallest absolute Gasteiger partial charge is 0.139 e. The van der Waals surface area contributed by atoms with Crippen LogP contribution in [0.5, 0.6) is 0 Å². The minimum Gasteiger partial charge on any atom is -0.564 e. The zero-order valence-corrected chi connectivity index (χ0v) is 3.46. The van der Waals surface area contributed by atoms with Crippen molar-refractivity contribution in [3.05, 3.63) is 5.21 Å². The maximum absolute atomic E-state index is 9.52. The van der Waals surface area contributed by atoms with Crippen molar-refractivity contribution < 1.29 is 15.4 Å². The van der Waals surface area contributed by atoms with Crippen LogP contribution in [-0.4, -0.2) is 21.9 Å². The van der Waals surface area contributed by atoms with E-state index in [2.05, 4.69) is 0 Å². The van der Waals surface area contributed by atoms with Crippen molar-refractivity contribution in [3.8, 4) is 0 Å². The standard InChI is InChI=1S/C2H7NO3/c1-2-3(4,5)6/h4-5H,2H2,1H3. The van der Waals surface area contributed by atoms with Crippen molar-refractivity contribution in [2.24, 2.45) is 0 Å². The molecule has 4 heteroatoms. The molecule has 0 aromatic heterocycles. The molecule has 0 aromatic carbocycles. The van der Waals surface area contributed by atoms with E-state index in [0.29, 0.717) is 0 Å². The molecule has 38 valence electrons. The summed E-state index contributed by atoms with van der Waals surface area (Å²) in [6.07, 6.45) is 0. The highest BCUT2D eigenvalue weighted by Gasteiger charge is 1.99. The first-order valence-corrected chi connectivity index (χ1v) is 1.61. The summed E-state index contributed by atoms with van der Waals surface area (Å²) in [7, 11) is 0. The molecule has 0 rings (SSSR count). The zero-order chi connectivity index (χ0) is 5.21. The molecule has 0 bridgehead atoms. The molecule has 4 nitrogen and oxygen atoms in total. The van der Waals surface area contributed by atoms with E-state index in [1.54, 1.807) is 0 Å². The normalized spacial score (nSPS) is 12.0. The Hall–Kier alpha value is -0.160. The molecular formula is C2H7NO3. The lowest BCUT2D eigenvalue weighted by molar-refractivity contribution is -1.21. The molecule has 0 heterocycles. The van der Waals surface area contributed by atoms with E-state index < -0.39 is 4.97 Å². The first kappa shape index (κ1) is 5.84. The minimum absolute atomic E-state index is 0.236. The minimum atomic E-state index is -2.18. The molecule has 0 aromatic rings. The Morgan fingerprint density at radius 2 is 1.83 bits per heavy atom. The summed E-state index contributed by atoms with van der Waals surface area (Å²) in [4.78, 5) is -2.18. The Morgan fingerprint density at radius 1 is 1.67 bits per heavy atom. The lowest BCUT2D eigenvalue weighted by atomic mass is 10.8. The summed E-state index contributed by atoms with van der Waals surface area (Å²) < 4.78 is 0. The van der Waals surface area contributed by atoms with Crippen molar-refractivity contribution in [2.75, 3.05) is 6.54 Å². The average Bonchev–Trinajstić information content (AvgIpc) is 1.35. The second-order valence-corrected chi connectivity index (χ2v) is 0.981. The van der Waals surface area contributed by atoms with Crippen molar-refractivity contribution in [3.63, 3.8) is 0 Å². The maximum atomic E-state index is 9.52. The monoisotopic (exact) mass is 93.0 g/mol. The first-order chi connectivity index (χ1) is 2.56. The first-order valence-electron chi connectivity index (χ1n) is 1.61. The summed E-state index contributed by atoms with van der Waals surface area (Å²) in [5.74, 6) is 0. The van der Waals surface area contributed by atoms with Crippen LogP contribution < -0.4 is 0 Å². The zero-order valence-electron chi connectivity index (χ0n) is 3.46. The molecule has 0 aliphatic carbocycles. The highest BCUT2D eigenvalue weighted by molar-refractivity contribution is 4.03. The van der Waals surface area contributed by atoms with E-state index in [-0.39, 0.29) is 6.54 Å². The Morgan fingerprint density at radius 3 is 1.83 bits per heavy atom. The van der Waals surface area contributed by atoms with Gasteiger partial charge in [-0.3, -0.25) is 0 Å². The summed E-state index contributed by atoms with van der Waals surface area (Å²) in [6, 6.07) is 0. The molecule has 2 N–H and O–H groups in total. The molecule has 0 aliphatic heterocycles. The fraction of sp³-hybridized carbons (Fsp3) is 1.00. The quantitative estimate of drug-likeness (QED) is 0.357. The van der Waals surface area contributed by atoms with Crippen molar-refractivity contribution in [1.29, 1.82) is 0 Å². The molecule has 0 fully saturated rings. The SMILES string of the molecule is CC[N+]([O-])(O)O. The van der Waals surface area contributed by atoms with E-state index in [4.69, 9.17) is 10.4 Å². The number of rotatable bonds is 1. The van der Waals surface area contributed by atoms with Crippen LogP contribution in [0.3, 0.4) is 0 Å². The maximum Gasteiger partial charge on any atom is 0.139 e. The van der Waals surface area contributed by atoms with Gasteiger partial charge < -0.3 is 5.21 Å². The molecule has 0 amide bonds. The van der Waals surface area contributed by atoms with Gasteiger partial charge in [0, 0.05) is 0 Å². The lowest BCUT2D eigenvalue weighted by Gasteiger charge is -2.20. The number of hydroxylamine groups is 3. The summed E-state index contributed by atoms with van der Waals surface area (Å²) >= 11 is 0. The number of nitrogens with zero attached hydrogens (tertiary/aromatic N) is 1. The Balaban J connectivity index is 3.17. The molecular weight excluding hydrogens is 86.0 g/mol. The summed E-state index contributed by atoms with van der Waals surface area (Å²) in [5.41, 5.74) is 0. The number of hydrogen-bond acceptors (Lipinski definition) is 3. The van der Waals surface area contributed by atoms with Crippen LogP contribution in [0, 0.1) is 5.21 Å². The second kappa shape index (κ2) is 1.53. The Kier molecular flexibility index (Phi) is 1.48. The van der Waals surface area contributed by atoms with Crippen LogP contribution in [0.15, 0.2) is 0 Å². The molecule has 0 saturated heterocycles. The second-order valence-electron chi connectivity index (χ2n) is 0.981. The third-order valence-corrected chi connectivity index (χ3v) is 0.412. The predicted molar refractivity (Wildman–Crippen MR) is 17.7 cm³/mol. The van der Waals surface area contributed by atoms with Gasteiger partial charge in [0.25, 0.3) is 0 Å². The van der Waals surface area contributed by atoms with Crippen LogP contribution >= 0.6 is 0 Å². The van der Waals surface area contributed by atoms with E-state index >= 15 is 0 Å². The Bertz CT molecular complexity index is 38.5. The molecule has 0 saturated carbocycles. The predicted octanol–water partition coefficient (Wildman–Crippen LogP) is 0.0993. The fourth-order valence-electron chi connectivity index (χ4n) is 0. The van der Waals surface area contributed by atoms with Gasteiger partial charge in [-0.25, -0.2) is 0 Å². The van der Waals surface area contributed by atoms with Gasteiger partial charge in [0.05, 0.1) is 0 Å². The average molecular weight is 93.1 g/mol. The highest BCUT2D eigenvalue weighted by Crippen LogP contribution is 1.84. The Labute approximate surface area is 35.3 Å². The third kappa shape index (κ3) is 3.84. The highest BCUT2D eigenvalue weighted by atomic mass is 17.1. The van der Waals surface area contributed by atoms with Gasteiger partial charge in [0.2, 0.25) is 0 Å². The van der Waals surface area contributed by atoms with E-state index in [1.165, 1.54) is 6.92 Å². The van der Waals surface area contributed by atoms with Crippen molar-refractivity contribution in [2.45, 2.75) is 6.92 Å². The van der Waals surface area contributed by atoms with Crippen molar-refractivity contribution >= 4 is 0 Å².